The number of rotatable bonds is 2. The molecule has 0 heterocycles. The highest BCUT2D eigenvalue weighted by Crippen LogP contribution is 2.76. The van der Waals surface area contributed by atoms with Crippen LogP contribution in [0.5, 0.6) is 0 Å². The fourth-order valence-corrected chi connectivity index (χ4v) is 11.6. The summed E-state index contributed by atoms with van der Waals surface area (Å²) in [4.78, 5) is 27.7. The molecule has 0 bridgehead atoms. The van der Waals surface area contributed by atoms with Crippen molar-refractivity contribution in [2.75, 3.05) is 6.26 Å². The van der Waals surface area contributed by atoms with Gasteiger partial charge in [-0.3, -0.25) is 9.59 Å². The number of nitrogens with zero attached hydrogens (tertiary/aromatic N) is 1. The molecule has 6 aliphatic carbocycles. The molecule has 6 aliphatic rings. The smallest absolute Gasteiger partial charge is 0.209 e. The summed E-state index contributed by atoms with van der Waals surface area (Å²) in [7, 11) is -3.45. The fraction of sp³-hybridized carbons (Fsp3) is 0.774. The molecule has 7 heteroatoms. The molecule has 0 amide bonds. The number of sulfonamides is 1. The standard InChI is InChI=1S/C31H42N2O4S/c1-26(2)9-13-31(33-38(6,36)37)14-10-29(5)24(20(31)17-26)21(34)15-23-27(3)16-19(18-32)25(35)30(11-12-30)22(27)7-8-28(23,29)4/h15-16,20,22,24,33H,7-14,17H2,1-6H3/t20-,22+,24-,27-,28+,29+,31-/m0/s1. The quantitative estimate of drug-likeness (QED) is 0.516. The van der Waals surface area contributed by atoms with E-state index >= 15 is 0 Å². The lowest BCUT2D eigenvalue weighted by Gasteiger charge is -2.68. The minimum absolute atomic E-state index is 0.0108. The molecule has 38 heavy (non-hydrogen) atoms. The molecule has 0 unspecified atom stereocenters. The molecule has 206 valence electrons. The monoisotopic (exact) mass is 538 g/mol. The van der Waals surface area contributed by atoms with Gasteiger partial charge in [0.2, 0.25) is 10.0 Å². The van der Waals surface area contributed by atoms with Crippen LogP contribution in [0.1, 0.15) is 92.4 Å². The second-order valence-corrected chi connectivity index (χ2v) is 17.0. The number of hydrogen-bond acceptors (Lipinski definition) is 5. The van der Waals surface area contributed by atoms with E-state index < -0.39 is 26.4 Å². The first-order valence-electron chi connectivity index (χ1n) is 14.4. The molecule has 4 saturated carbocycles. The zero-order valence-corrected chi connectivity index (χ0v) is 24.6. The molecule has 0 radical (unpaired) electrons. The highest BCUT2D eigenvalue weighted by atomic mass is 32.2. The van der Waals surface area contributed by atoms with Crippen LogP contribution in [0.25, 0.3) is 0 Å². The predicted octanol–water partition coefficient (Wildman–Crippen LogP) is 5.26. The lowest BCUT2D eigenvalue weighted by atomic mass is 9.35. The van der Waals surface area contributed by atoms with Crippen LogP contribution in [0.3, 0.4) is 0 Å². The number of hydrogen-bond donors (Lipinski definition) is 1. The summed E-state index contributed by atoms with van der Waals surface area (Å²) in [5.74, 6) is -0.0944. The Morgan fingerprint density at radius 1 is 0.974 bits per heavy atom. The molecular formula is C31H42N2O4S. The average molecular weight is 539 g/mol. The van der Waals surface area contributed by atoms with Crippen molar-refractivity contribution in [3.8, 4) is 6.07 Å². The second-order valence-electron chi connectivity index (χ2n) is 15.2. The van der Waals surface area contributed by atoms with Crippen molar-refractivity contribution in [2.24, 2.45) is 44.8 Å². The van der Waals surface area contributed by atoms with Crippen molar-refractivity contribution in [3.63, 3.8) is 0 Å². The van der Waals surface area contributed by atoms with E-state index in [0.717, 1.165) is 63.4 Å². The molecular weight excluding hydrogens is 496 g/mol. The van der Waals surface area contributed by atoms with Gasteiger partial charge in [-0.25, -0.2) is 13.1 Å². The van der Waals surface area contributed by atoms with Crippen molar-refractivity contribution in [1.82, 2.24) is 4.72 Å². The minimum Gasteiger partial charge on any atom is -0.295 e. The molecule has 0 aromatic carbocycles. The van der Waals surface area contributed by atoms with Crippen LogP contribution in [-0.2, 0) is 19.6 Å². The van der Waals surface area contributed by atoms with Crippen molar-refractivity contribution in [2.45, 2.75) is 97.9 Å². The van der Waals surface area contributed by atoms with Crippen LogP contribution in [0.4, 0.5) is 0 Å². The van der Waals surface area contributed by atoms with Crippen molar-refractivity contribution in [3.05, 3.63) is 23.3 Å². The summed E-state index contributed by atoms with van der Waals surface area (Å²) in [5.41, 5.74) is -0.730. The Balaban J connectivity index is 1.52. The molecule has 0 aromatic rings. The number of carbonyl (C=O) groups excluding carboxylic acids is 2. The minimum atomic E-state index is -3.45. The van der Waals surface area contributed by atoms with Crippen LogP contribution in [0, 0.1) is 56.2 Å². The largest absolute Gasteiger partial charge is 0.295 e. The number of nitrogens with one attached hydrogen (secondary N) is 1. The number of nitriles is 1. The molecule has 1 spiro atoms. The Morgan fingerprint density at radius 3 is 2.24 bits per heavy atom. The Hall–Kier alpha value is -1.78. The molecule has 4 fully saturated rings. The van der Waals surface area contributed by atoms with E-state index in [4.69, 9.17) is 0 Å². The first-order chi connectivity index (χ1) is 17.5. The third-order valence-electron chi connectivity index (χ3n) is 12.7. The Bertz CT molecular complexity index is 1360. The van der Waals surface area contributed by atoms with Gasteiger partial charge in [0.25, 0.3) is 0 Å². The second kappa shape index (κ2) is 7.49. The van der Waals surface area contributed by atoms with E-state index in [9.17, 15) is 23.3 Å². The number of carbonyl (C=O) groups is 2. The van der Waals surface area contributed by atoms with Gasteiger partial charge in [0.15, 0.2) is 11.6 Å². The topological polar surface area (TPSA) is 104 Å². The summed E-state index contributed by atoms with van der Waals surface area (Å²) >= 11 is 0. The van der Waals surface area contributed by atoms with E-state index in [1.807, 2.05) is 12.2 Å². The molecule has 6 rings (SSSR count). The van der Waals surface area contributed by atoms with Gasteiger partial charge in [-0.1, -0.05) is 46.3 Å². The molecule has 0 saturated heterocycles. The van der Waals surface area contributed by atoms with E-state index in [1.54, 1.807) is 0 Å². The maximum atomic E-state index is 14.4. The molecule has 0 aromatic heterocycles. The maximum absolute atomic E-state index is 14.4. The first kappa shape index (κ1) is 26.4. The van der Waals surface area contributed by atoms with Gasteiger partial charge in [-0.2, -0.15) is 5.26 Å². The molecule has 0 aliphatic heterocycles. The van der Waals surface area contributed by atoms with Gasteiger partial charge in [-0.15, -0.1) is 0 Å². The highest BCUT2D eigenvalue weighted by Gasteiger charge is 2.72. The zero-order valence-electron chi connectivity index (χ0n) is 23.7. The maximum Gasteiger partial charge on any atom is 0.209 e. The summed E-state index contributed by atoms with van der Waals surface area (Å²) in [6, 6.07) is 2.20. The highest BCUT2D eigenvalue weighted by molar-refractivity contribution is 7.88. The average Bonchev–Trinajstić information content (AvgIpc) is 3.59. The van der Waals surface area contributed by atoms with Crippen molar-refractivity contribution >= 4 is 21.6 Å². The lowest BCUT2D eigenvalue weighted by Crippen LogP contribution is -2.69. The van der Waals surface area contributed by atoms with Gasteiger partial charge in [-0.05, 0) is 91.9 Å². The number of ketones is 2. The van der Waals surface area contributed by atoms with Crippen molar-refractivity contribution < 1.29 is 18.0 Å². The normalized spacial score (nSPS) is 46.5. The first-order valence-corrected chi connectivity index (χ1v) is 16.3. The van der Waals surface area contributed by atoms with Crippen LogP contribution in [0.15, 0.2) is 23.3 Å². The number of allylic oxidation sites excluding steroid dienone is 4. The van der Waals surface area contributed by atoms with E-state index in [-0.39, 0.29) is 51.1 Å². The van der Waals surface area contributed by atoms with Gasteiger partial charge < -0.3 is 0 Å². The van der Waals surface area contributed by atoms with E-state index in [0.29, 0.717) is 0 Å². The summed E-state index contributed by atoms with van der Waals surface area (Å²) < 4.78 is 28.3. The molecule has 1 N–H and O–H groups in total. The summed E-state index contributed by atoms with van der Waals surface area (Å²) in [5, 5.41) is 9.89. The summed E-state index contributed by atoms with van der Waals surface area (Å²) in [6.45, 7) is 11.3. The van der Waals surface area contributed by atoms with Gasteiger partial charge in [0.05, 0.1) is 11.8 Å². The predicted molar refractivity (Wildman–Crippen MR) is 145 cm³/mol. The number of fused-ring (bicyclic) bond motifs is 8. The molecule has 6 nitrogen and oxygen atoms in total. The fourth-order valence-electron chi connectivity index (χ4n) is 10.6. The Labute approximate surface area is 227 Å². The third kappa shape index (κ3) is 3.22. The Morgan fingerprint density at radius 2 is 1.63 bits per heavy atom. The lowest BCUT2D eigenvalue weighted by molar-refractivity contribution is -0.158. The Kier molecular flexibility index (Phi) is 5.21. The van der Waals surface area contributed by atoms with Crippen LogP contribution in [0.2, 0.25) is 0 Å². The third-order valence-corrected chi connectivity index (χ3v) is 13.5. The summed E-state index contributed by atoms with van der Waals surface area (Å²) in [6.07, 6.45) is 12.5. The van der Waals surface area contributed by atoms with E-state index in [1.165, 1.54) is 6.26 Å². The van der Waals surface area contributed by atoms with E-state index in [2.05, 4.69) is 45.4 Å². The molecule has 7 atom stereocenters. The zero-order chi connectivity index (χ0) is 27.7. The van der Waals surface area contributed by atoms with Crippen LogP contribution >= 0.6 is 0 Å². The van der Waals surface area contributed by atoms with Crippen LogP contribution in [-0.4, -0.2) is 31.8 Å². The van der Waals surface area contributed by atoms with Gasteiger partial charge in [0, 0.05) is 22.3 Å². The van der Waals surface area contributed by atoms with Gasteiger partial charge >= 0.3 is 0 Å². The van der Waals surface area contributed by atoms with Crippen LogP contribution < -0.4 is 4.72 Å². The SMILES string of the molecule is CC1(C)CC[C@]2(NS(C)(=O)=O)CC[C@]3(C)[C@H](C(=O)C=C4[C@@]5(C)C=C(C#N)C(=O)C6(CC6)[C@@H]5CC[C@]43C)[C@@H]2C1. The van der Waals surface area contributed by atoms with Gasteiger partial charge in [0.1, 0.15) is 6.07 Å². The van der Waals surface area contributed by atoms with Crippen molar-refractivity contribution in [1.29, 1.82) is 5.26 Å². The number of Topliss-reactive ketones (excluding diaryl/α,β-unsaturated/α-hetero) is 1.